The van der Waals surface area contributed by atoms with Gasteiger partial charge in [0.2, 0.25) is 0 Å². The van der Waals surface area contributed by atoms with Crippen molar-refractivity contribution in [3.05, 3.63) is 188 Å². The third-order valence-electron chi connectivity index (χ3n) is 10.6. The Bertz CT molecular complexity index is 3200. The average Bonchev–Trinajstić information content (AvgIpc) is 3.85. The van der Waals surface area contributed by atoms with E-state index in [0.29, 0.717) is 17.5 Å². The Kier molecular flexibility index (Phi) is 7.64. The van der Waals surface area contributed by atoms with Crippen molar-refractivity contribution in [2.75, 3.05) is 0 Å². The predicted molar refractivity (Wildman–Crippen MR) is 233 cm³/mol. The molecule has 3 heterocycles. The fourth-order valence-electron chi connectivity index (χ4n) is 7.87. The standard InChI is InChI=1S/C51H31N3OS/c1-3-13-32(14-4-1)49-52-50(33-15-5-2-6-16-33)54-51(53-49)37-18-11-17-34(29-37)35-25-27-40-43-30-36(26-28-46(43)56-47(40)31-35)38-19-7-8-20-39(38)41-22-12-24-45-48(41)42-21-9-10-23-44(42)55-45/h1-31H. The van der Waals surface area contributed by atoms with Gasteiger partial charge in [-0.3, -0.25) is 0 Å². The van der Waals surface area contributed by atoms with E-state index >= 15 is 0 Å². The molecule has 11 rings (SSSR count). The number of rotatable bonds is 6. The van der Waals surface area contributed by atoms with Crippen LogP contribution in [0, 0.1) is 0 Å². The summed E-state index contributed by atoms with van der Waals surface area (Å²) in [7, 11) is 0. The second-order valence-electron chi connectivity index (χ2n) is 14.0. The van der Waals surface area contributed by atoms with E-state index < -0.39 is 0 Å². The Labute approximate surface area is 327 Å². The molecule has 262 valence electrons. The van der Waals surface area contributed by atoms with Crippen LogP contribution in [0.15, 0.2) is 192 Å². The number of hydrogen-bond donors (Lipinski definition) is 0. The number of nitrogens with zero attached hydrogens (tertiary/aromatic N) is 3. The molecule has 0 atom stereocenters. The first-order valence-corrected chi connectivity index (χ1v) is 19.5. The molecule has 0 aliphatic heterocycles. The molecular formula is C51H31N3OS. The van der Waals surface area contributed by atoms with Gasteiger partial charge >= 0.3 is 0 Å². The summed E-state index contributed by atoms with van der Waals surface area (Å²) in [5.41, 5.74) is 11.7. The van der Waals surface area contributed by atoms with E-state index in [1.807, 2.05) is 84.1 Å². The fraction of sp³-hybridized carbons (Fsp3) is 0. The quantitative estimate of drug-likeness (QED) is 0.171. The number of aromatic nitrogens is 3. The minimum absolute atomic E-state index is 0.646. The maximum absolute atomic E-state index is 6.26. The molecule has 0 bridgehead atoms. The lowest BCUT2D eigenvalue weighted by Gasteiger charge is -2.12. The number of fused-ring (bicyclic) bond motifs is 6. The summed E-state index contributed by atoms with van der Waals surface area (Å²) in [5.74, 6) is 1.95. The highest BCUT2D eigenvalue weighted by molar-refractivity contribution is 7.25. The minimum Gasteiger partial charge on any atom is -0.456 e. The topological polar surface area (TPSA) is 51.8 Å². The Morgan fingerprint density at radius 2 is 0.893 bits per heavy atom. The maximum atomic E-state index is 6.26. The van der Waals surface area contributed by atoms with Crippen LogP contribution in [0.3, 0.4) is 0 Å². The molecule has 56 heavy (non-hydrogen) atoms. The zero-order valence-electron chi connectivity index (χ0n) is 30.1. The van der Waals surface area contributed by atoms with Gasteiger partial charge in [0.25, 0.3) is 0 Å². The Morgan fingerprint density at radius 1 is 0.321 bits per heavy atom. The summed E-state index contributed by atoms with van der Waals surface area (Å²) in [4.78, 5) is 14.8. The Hall–Kier alpha value is -7.21. The molecule has 8 aromatic carbocycles. The fourth-order valence-corrected chi connectivity index (χ4v) is 8.99. The van der Waals surface area contributed by atoms with Crippen molar-refractivity contribution in [3.8, 4) is 67.5 Å². The lowest BCUT2D eigenvalue weighted by atomic mass is 9.91. The first-order chi connectivity index (χ1) is 27.7. The summed E-state index contributed by atoms with van der Waals surface area (Å²) in [6.45, 7) is 0. The zero-order valence-corrected chi connectivity index (χ0v) is 30.9. The number of thiophene rings is 1. The van der Waals surface area contributed by atoms with Crippen LogP contribution in [-0.2, 0) is 0 Å². The van der Waals surface area contributed by atoms with Crippen molar-refractivity contribution >= 4 is 53.4 Å². The molecule has 5 heteroatoms. The summed E-state index contributed by atoms with van der Waals surface area (Å²) >= 11 is 1.83. The Balaban J connectivity index is 0.980. The molecule has 0 aliphatic rings. The second kappa shape index (κ2) is 13.3. The van der Waals surface area contributed by atoms with E-state index in [4.69, 9.17) is 19.4 Å². The highest BCUT2D eigenvalue weighted by Gasteiger charge is 2.17. The van der Waals surface area contributed by atoms with Gasteiger partial charge in [-0.05, 0) is 69.8 Å². The smallest absolute Gasteiger partial charge is 0.164 e. The highest BCUT2D eigenvalue weighted by atomic mass is 32.1. The van der Waals surface area contributed by atoms with Crippen LogP contribution in [0.4, 0.5) is 0 Å². The molecular weight excluding hydrogens is 703 g/mol. The monoisotopic (exact) mass is 733 g/mol. The molecule has 0 amide bonds. The van der Waals surface area contributed by atoms with Crippen molar-refractivity contribution in [2.45, 2.75) is 0 Å². The number of para-hydroxylation sites is 1. The van der Waals surface area contributed by atoms with Gasteiger partial charge in [-0.2, -0.15) is 0 Å². The first-order valence-electron chi connectivity index (χ1n) is 18.7. The van der Waals surface area contributed by atoms with Crippen LogP contribution in [0.25, 0.3) is 110 Å². The van der Waals surface area contributed by atoms with Crippen LogP contribution in [0.1, 0.15) is 0 Å². The minimum atomic E-state index is 0.646. The molecule has 0 spiro atoms. The summed E-state index contributed by atoms with van der Waals surface area (Å²) in [5, 5.41) is 4.80. The van der Waals surface area contributed by atoms with Crippen LogP contribution in [0.2, 0.25) is 0 Å². The van der Waals surface area contributed by atoms with Gasteiger partial charge in [0.1, 0.15) is 11.2 Å². The third kappa shape index (κ3) is 5.56. The van der Waals surface area contributed by atoms with E-state index in [1.54, 1.807) is 0 Å². The van der Waals surface area contributed by atoms with E-state index in [0.717, 1.165) is 49.8 Å². The average molecular weight is 734 g/mol. The van der Waals surface area contributed by atoms with E-state index in [2.05, 4.69) is 115 Å². The van der Waals surface area contributed by atoms with E-state index in [1.165, 1.54) is 42.4 Å². The van der Waals surface area contributed by atoms with Crippen LogP contribution < -0.4 is 0 Å². The van der Waals surface area contributed by atoms with Crippen molar-refractivity contribution < 1.29 is 4.42 Å². The van der Waals surface area contributed by atoms with Crippen molar-refractivity contribution in [1.82, 2.24) is 15.0 Å². The lowest BCUT2D eigenvalue weighted by molar-refractivity contribution is 0.669. The van der Waals surface area contributed by atoms with Crippen LogP contribution in [0.5, 0.6) is 0 Å². The lowest BCUT2D eigenvalue weighted by Crippen LogP contribution is -2.00. The molecule has 0 fully saturated rings. The van der Waals surface area contributed by atoms with Gasteiger partial charge in [0.15, 0.2) is 17.5 Å². The second-order valence-corrected chi connectivity index (χ2v) is 15.0. The molecule has 0 N–H and O–H groups in total. The SMILES string of the molecule is c1ccc(-c2nc(-c3ccccc3)nc(-c3cccc(-c4ccc5c(c4)sc4ccc(-c6ccccc6-c6cccc7oc8ccccc8c67)cc45)c3)n2)cc1. The van der Waals surface area contributed by atoms with Gasteiger partial charge < -0.3 is 4.42 Å². The maximum Gasteiger partial charge on any atom is 0.164 e. The van der Waals surface area contributed by atoms with Crippen molar-refractivity contribution in [1.29, 1.82) is 0 Å². The normalized spacial score (nSPS) is 11.6. The zero-order chi connectivity index (χ0) is 37.0. The highest BCUT2D eigenvalue weighted by Crippen LogP contribution is 2.43. The van der Waals surface area contributed by atoms with Crippen LogP contribution in [-0.4, -0.2) is 15.0 Å². The van der Waals surface area contributed by atoms with Gasteiger partial charge in [-0.1, -0.05) is 152 Å². The van der Waals surface area contributed by atoms with Gasteiger partial charge in [-0.25, -0.2) is 15.0 Å². The summed E-state index contributed by atoms with van der Waals surface area (Å²) < 4.78 is 8.78. The first kappa shape index (κ1) is 32.2. The molecule has 11 aromatic rings. The van der Waals surface area contributed by atoms with Gasteiger partial charge in [0.05, 0.1) is 0 Å². The van der Waals surface area contributed by atoms with Gasteiger partial charge in [-0.15, -0.1) is 11.3 Å². The molecule has 0 saturated heterocycles. The van der Waals surface area contributed by atoms with Gasteiger partial charge in [0, 0.05) is 47.6 Å². The Morgan fingerprint density at radius 3 is 1.68 bits per heavy atom. The molecule has 0 radical (unpaired) electrons. The molecule has 0 aliphatic carbocycles. The largest absolute Gasteiger partial charge is 0.456 e. The van der Waals surface area contributed by atoms with E-state index in [9.17, 15) is 0 Å². The van der Waals surface area contributed by atoms with Crippen molar-refractivity contribution in [2.24, 2.45) is 0 Å². The molecule has 3 aromatic heterocycles. The van der Waals surface area contributed by atoms with Crippen molar-refractivity contribution in [3.63, 3.8) is 0 Å². The number of hydrogen-bond acceptors (Lipinski definition) is 5. The number of furan rings is 1. The van der Waals surface area contributed by atoms with E-state index in [-0.39, 0.29) is 0 Å². The molecule has 0 unspecified atom stereocenters. The number of benzene rings is 8. The summed E-state index contributed by atoms with van der Waals surface area (Å²) in [6.07, 6.45) is 0. The molecule has 0 saturated carbocycles. The third-order valence-corrected chi connectivity index (χ3v) is 11.7. The summed E-state index contributed by atoms with van der Waals surface area (Å²) in [6, 6.07) is 65.8. The predicted octanol–water partition coefficient (Wildman–Crippen LogP) is 14.1. The van der Waals surface area contributed by atoms with Crippen LogP contribution >= 0.6 is 11.3 Å². The molecule has 4 nitrogen and oxygen atoms in total.